The van der Waals surface area contributed by atoms with Crippen LogP contribution in [0.15, 0.2) is 28.7 Å². The second-order valence-electron chi connectivity index (χ2n) is 3.79. The first-order chi connectivity index (χ1) is 10.2. The van der Waals surface area contributed by atoms with Gasteiger partial charge in [0.1, 0.15) is 0 Å². The number of nitro benzene ring substituents is 1. The molecule has 2 aromatic heterocycles. The molecule has 0 fully saturated rings. The summed E-state index contributed by atoms with van der Waals surface area (Å²) in [5.74, 6) is 0.789. The number of aromatic amines is 1. The van der Waals surface area contributed by atoms with Crippen LogP contribution in [0.5, 0.6) is 0 Å². The van der Waals surface area contributed by atoms with E-state index < -0.39 is 4.92 Å². The first-order valence-electron chi connectivity index (χ1n) is 5.66. The summed E-state index contributed by atoms with van der Waals surface area (Å²) in [6, 6.07) is 5.92. The zero-order valence-corrected chi connectivity index (χ0v) is 12.0. The Bertz CT molecular complexity index is 740. The third-order valence-electron chi connectivity index (χ3n) is 2.44. The Balaban J connectivity index is 1.70. The first-order valence-corrected chi connectivity index (χ1v) is 7.72. The molecule has 0 unspecified atom stereocenters. The number of rotatable bonds is 5. The van der Waals surface area contributed by atoms with E-state index in [0.717, 1.165) is 0 Å². The summed E-state index contributed by atoms with van der Waals surface area (Å²) < 4.78 is 6.13. The maximum atomic E-state index is 10.6. The van der Waals surface area contributed by atoms with Crippen LogP contribution in [0.2, 0.25) is 0 Å². The second kappa shape index (κ2) is 5.77. The van der Waals surface area contributed by atoms with Crippen molar-refractivity contribution in [1.82, 2.24) is 30.8 Å². The predicted octanol–water partition coefficient (Wildman–Crippen LogP) is -0.312. The van der Waals surface area contributed by atoms with E-state index in [-0.39, 0.29) is 20.6 Å². The fourth-order valence-corrected chi connectivity index (χ4v) is 2.70. The SMILES string of the molecule is O=[N+]([O-])c1ccc(-c2nnc(C[Se]c3nn[nH]n3)o2)cc1. The number of tetrazole rings is 1. The summed E-state index contributed by atoms with van der Waals surface area (Å²) in [5.41, 5.74) is 0.644. The molecule has 0 aliphatic rings. The average Bonchev–Trinajstić information content (AvgIpc) is 3.17. The topological polar surface area (TPSA) is 137 Å². The van der Waals surface area contributed by atoms with Crippen LogP contribution in [0.25, 0.3) is 11.5 Å². The second-order valence-corrected chi connectivity index (χ2v) is 5.77. The van der Waals surface area contributed by atoms with Gasteiger partial charge in [-0.05, 0) is 0 Å². The summed E-state index contributed by atoms with van der Waals surface area (Å²) >= 11 is -0.0493. The summed E-state index contributed by atoms with van der Waals surface area (Å²) in [6.45, 7) is 0. The molecule has 0 saturated carbocycles. The Kier molecular flexibility index (Phi) is 3.67. The van der Waals surface area contributed by atoms with Gasteiger partial charge in [-0.15, -0.1) is 0 Å². The average molecular weight is 352 g/mol. The molecule has 1 aromatic carbocycles. The van der Waals surface area contributed by atoms with Gasteiger partial charge in [0.05, 0.1) is 0 Å². The number of aromatic nitrogens is 6. The molecule has 0 radical (unpaired) electrons. The van der Waals surface area contributed by atoms with Crippen LogP contribution in [0, 0.1) is 10.1 Å². The van der Waals surface area contributed by atoms with Crippen molar-refractivity contribution < 1.29 is 9.34 Å². The Morgan fingerprint density at radius 3 is 2.71 bits per heavy atom. The molecule has 0 amide bonds. The normalized spacial score (nSPS) is 10.7. The number of nitrogens with zero attached hydrogens (tertiary/aromatic N) is 6. The van der Waals surface area contributed by atoms with E-state index >= 15 is 0 Å². The molecule has 0 aliphatic heterocycles. The number of non-ortho nitro benzene ring substituents is 1. The van der Waals surface area contributed by atoms with Crippen molar-refractivity contribution in [2.24, 2.45) is 0 Å². The van der Waals surface area contributed by atoms with Crippen molar-refractivity contribution in [1.29, 1.82) is 0 Å². The minimum absolute atomic E-state index is 0.0129. The van der Waals surface area contributed by atoms with Crippen LogP contribution in [-0.2, 0) is 5.32 Å². The fourth-order valence-electron chi connectivity index (χ4n) is 1.49. The van der Waals surface area contributed by atoms with Gasteiger partial charge in [0.25, 0.3) is 0 Å². The van der Waals surface area contributed by atoms with Crippen molar-refractivity contribution >= 4 is 25.4 Å². The zero-order chi connectivity index (χ0) is 14.7. The van der Waals surface area contributed by atoms with Gasteiger partial charge in [-0.2, -0.15) is 0 Å². The van der Waals surface area contributed by atoms with Gasteiger partial charge in [-0.3, -0.25) is 0 Å². The van der Waals surface area contributed by atoms with E-state index in [4.69, 9.17) is 4.42 Å². The first kappa shape index (κ1) is 13.3. The van der Waals surface area contributed by atoms with Crippen LogP contribution in [0.3, 0.4) is 0 Å². The maximum absolute atomic E-state index is 10.6. The predicted molar refractivity (Wildman–Crippen MR) is 69.7 cm³/mol. The molecule has 3 rings (SSSR count). The van der Waals surface area contributed by atoms with E-state index in [1.165, 1.54) is 12.1 Å². The van der Waals surface area contributed by atoms with E-state index in [0.29, 0.717) is 27.4 Å². The van der Waals surface area contributed by atoms with Crippen molar-refractivity contribution in [3.05, 3.63) is 40.3 Å². The molecule has 10 nitrogen and oxygen atoms in total. The molecular formula is C10H7N7O3Se. The van der Waals surface area contributed by atoms with Crippen LogP contribution in [0.1, 0.15) is 5.89 Å². The minimum atomic E-state index is -0.462. The van der Waals surface area contributed by atoms with Gasteiger partial charge < -0.3 is 0 Å². The number of hydrogen-bond acceptors (Lipinski definition) is 8. The molecule has 3 aromatic rings. The molecule has 1 N–H and O–H groups in total. The Morgan fingerprint density at radius 1 is 1.24 bits per heavy atom. The van der Waals surface area contributed by atoms with Gasteiger partial charge in [0.15, 0.2) is 0 Å². The van der Waals surface area contributed by atoms with Gasteiger partial charge in [0, 0.05) is 0 Å². The van der Waals surface area contributed by atoms with Crippen molar-refractivity contribution in [2.75, 3.05) is 0 Å². The third kappa shape index (κ3) is 3.09. The zero-order valence-electron chi connectivity index (χ0n) is 10.3. The molecule has 0 aliphatic carbocycles. The van der Waals surface area contributed by atoms with Crippen LogP contribution in [-0.4, -0.2) is 50.7 Å². The van der Waals surface area contributed by atoms with Gasteiger partial charge >= 0.3 is 123 Å². The van der Waals surface area contributed by atoms with E-state index in [2.05, 4.69) is 30.8 Å². The summed E-state index contributed by atoms with van der Waals surface area (Å²) in [7, 11) is 0. The van der Waals surface area contributed by atoms with E-state index in [1.807, 2.05) is 0 Å². The summed E-state index contributed by atoms with van der Waals surface area (Å²) in [4.78, 5) is 10.1. The molecule has 0 bridgehead atoms. The third-order valence-corrected chi connectivity index (χ3v) is 4.17. The van der Waals surface area contributed by atoms with Crippen LogP contribution in [0.4, 0.5) is 5.69 Å². The van der Waals surface area contributed by atoms with Crippen LogP contribution >= 0.6 is 0 Å². The Hall–Kier alpha value is -2.65. The van der Waals surface area contributed by atoms with E-state index in [1.54, 1.807) is 12.1 Å². The molecule has 106 valence electrons. The summed E-state index contributed by atoms with van der Waals surface area (Å²) in [6.07, 6.45) is 0. The van der Waals surface area contributed by atoms with E-state index in [9.17, 15) is 10.1 Å². The van der Waals surface area contributed by atoms with Gasteiger partial charge in [-0.25, -0.2) is 0 Å². The molecule has 0 spiro atoms. The Morgan fingerprint density at radius 2 is 2.05 bits per heavy atom. The van der Waals surface area contributed by atoms with Crippen molar-refractivity contribution in [3.63, 3.8) is 0 Å². The van der Waals surface area contributed by atoms with Crippen molar-refractivity contribution in [3.8, 4) is 11.5 Å². The monoisotopic (exact) mass is 353 g/mol. The Labute approximate surface area is 123 Å². The summed E-state index contributed by atoms with van der Waals surface area (Å²) in [5, 5.41) is 32.5. The van der Waals surface area contributed by atoms with Gasteiger partial charge in [-0.1, -0.05) is 0 Å². The molecule has 2 heterocycles. The van der Waals surface area contributed by atoms with Crippen molar-refractivity contribution in [2.45, 2.75) is 5.32 Å². The molecule has 21 heavy (non-hydrogen) atoms. The fraction of sp³-hybridized carbons (Fsp3) is 0.100. The number of benzene rings is 1. The number of nitrogens with one attached hydrogen (secondary N) is 1. The number of nitro groups is 1. The molecule has 0 saturated heterocycles. The van der Waals surface area contributed by atoms with Gasteiger partial charge in [0.2, 0.25) is 0 Å². The molecule has 0 atom stereocenters. The molecule has 11 heteroatoms. The number of hydrogen-bond donors (Lipinski definition) is 1. The standard InChI is InChI=1S/C10H7N7O3Se/c18-17(19)7-3-1-6(2-4-7)9-12-11-8(20-9)5-21-10-13-15-16-14-10/h1-4H,5H2,(H,13,14,15,16). The quantitative estimate of drug-likeness (QED) is 0.375. The molecular weight excluding hydrogens is 345 g/mol. The number of H-pyrrole nitrogens is 1. The van der Waals surface area contributed by atoms with Crippen LogP contribution < -0.4 is 4.72 Å².